The number of carboxylic acid groups (broad SMARTS) is 2. The van der Waals surface area contributed by atoms with Crippen molar-refractivity contribution in [1.29, 1.82) is 0 Å². The van der Waals surface area contributed by atoms with Crippen LogP contribution in [-0.4, -0.2) is 33.9 Å². The predicted molar refractivity (Wildman–Crippen MR) is 47.3 cm³/mol. The Labute approximate surface area is 75.3 Å². The van der Waals surface area contributed by atoms with Gasteiger partial charge in [0.25, 0.3) is 0 Å². The SMILES string of the molecule is C=CC(=O)O.NC(CS)C(=O)O. The second-order valence-corrected chi connectivity index (χ2v) is 2.03. The molecule has 5 nitrogen and oxygen atoms in total. The number of aliphatic carboxylic acids is 2. The van der Waals surface area contributed by atoms with Gasteiger partial charge in [-0.1, -0.05) is 6.58 Å². The third-order valence-corrected chi connectivity index (χ3v) is 1.08. The summed E-state index contributed by atoms with van der Waals surface area (Å²) >= 11 is 3.65. The summed E-state index contributed by atoms with van der Waals surface area (Å²) in [5.41, 5.74) is 4.94. The van der Waals surface area contributed by atoms with Gasteiger partial charge in [-0.2, -0.15) is 12.6 Å². The monoisotopic (exact) mass is 193 g/mol. The van der Waals surface area contributed by atoms with E-state index >= 15 is 0 Å². The van der Waals surface area contributed by atoms with E-state index in [1.165, 1.54) is 0 Å². The van der Waals surface area contributed by atoms with Crippen molar-refractivity contribution >= 4 is 24.6 Å². The number of thiol groups is 1. The van der Waals surface area contributed by atoms with Crippen LogP contribution in [0.1, 0.15) is 0 Å². The molecule has 70 valence electrons. The van der Waals surface area contributed by atoms with Crippen LogP contribution in [0.2, 0.25) is 0 Å². The maximum absolute atomic E-state index is 9.76. The lowest BCUT2D eigenvalue weighted by Gasteiger charge is -1.96. The van der Waals surface area contributed by atoms with Gasteiger partial charge in [0, 0.05) is 11.8 Å². The highest BCUT2D eigenvalue weighted by Gasteiger charge is 2.06. The molecule has 4 N–H and O–H groups in total. The molecule has 1 atom stereocenters. The summed E-state index contributed by atoms with van der Waals surface area (Å²) in [5.74, 6) is -1.80. The minimum Gasteiger partial charge on any atom is -0.480 e. The van der Waals surface area contributed by atoms with E-state index < -0.39 is 18.0 Å². The first kappa shape index (κ1) is 13.6. The van der Waals surface area contributed by atoms with Gasteiger partial charge in [-0.05, 0) is 0 Å². The summed E-state index contributed by atoms with van der Waals surface area (Å²) in [6, 6.07) is -0.816. The molecular formula is C6H11NO4S. The smallest absolute Gasteiger partial charge is 0.327 e. The van der Waals surface area contributed by atoms with Crippen molar-refractivity contribution in [3.05, 3.63) is 12.7 Å². The van der Waals surface area contributed by atoms with Crippen LogP contribution in [0.4, 0.5) is 0 Å². The van der Waals surface area contributed by atoms with E-state index in [4.69, 9.17) is 15.9 Å². The number of hydrogen-bond donors (Lipinski definition) is 4. The Balaban J connectivity index is 0. The largest absolute Gasteiger partial charge is 0.480 e. The van der Waals surface area contributed by atoms with Gasteiger partial charge >= 0.3 is 11.9 Å². The fourth-order valence-corrected chi connectivity index (χ4v) is 0.234. The van der Waals surface area contributed by atoms with E-state index in [0.717, 1.165) is 6.08 Å². The molecule has 0 amide bonds. The molecule has 0 aliphatic heterocycles. The van der Waals surface area contributed by atoms with Gasteiger partial charge < -0.3 is 15.9 Å². The lowest BCUT2D eigenvalue weighted by Crippen LogP contribution is -2.31. The van der Waals surface area contributed by atoms with Crippen molar-refractivity contribution in [3.63, 3.8) is 0 Å². The normalized spacial score (nSPS) is 10.5. The minimum atomic E-state index is -1.00. The molecular weight excluding hydrogens is 182 g/mol. The van der Waals surface area contributed by atoms with Gasteiger partial charge in [0.15, 0.2) is 0 Å². The Bertz CT molecular complexity index is 171. The molecule has 0 heterocycles. The molecule has 0 rings (SSSR count). The van der Waals surface area contributed by atoms with Gasteiger partial charge in [0.05, 0.1) is 0 Å². The zero-order chi connectivity index (χ0) is 10.1. The van der Waals surface area contributed by atoms with E-state index in [1.807, 2.05) is 0 Å². The molecule has 0 aromatic carbocycles. The molecule has 0 spiro atoms. The highest BCUT2D eigenvalue weighted by Crippen LogP contribution is 1.80. The van der Waals surface area contributed by atoms with Crippen molar-refractivity contribution in [3.8, 4) is 0 Å². The highest BCUT2D eigenvalue weighted by atomic mass is 32.1. The molecule has 0 aliphatic rings. The van der Waals surface area contributed by atoms with Crippen LogP contribution in [0.15, 0.2) is 12.7 Å². The molecule has 0 aliphatic carbocycles. The average Bonchev–Trinajstić information content (AvgIpc) is 2.04. The van der Waals surface area contributed by atoms with E-state index in [2.05, 4.69) is 19.2 Å². The van der Waals surface area contributed by atoms with Gasteiger partial charge in [-0.3, -0.25) is 4.79 Å². The van der Waals surface area contributed by atoms with Crippen LogP contribution in [0.25, 0.3) is 0 Å². The average molecular weight is 193 g/mol. The second-order valence-electron chi connectivity index (χ2n) is 1.67. The number of rotatable bonds is 3. The van der Waals surface area contributed by atoms with Crippen molar-refractivity contribution < 1.29 is 19.8 Å². The van der Waals surface area contributed by atoms with Crippen LogP contribution in [-0.2, 0) is 9.59 Å². The lowest BCUT2D eigenvalue weighted by molar-refractivity contribution is -0.138. The molecule has 6 heteroatoms. The molecule has 0 saturated heterocycles. The summed E-state index contributed by atoms with van der Waals surface area (Å²) in [4.78, 5) is 19.0. The number of carboxylic acids is 2. The minimum absolute atomic E-state index is 0.190. The first-order valence-corrected chi connectivity index (χ1v) is 3.53. The van der Waals surface area contributed by atoms with E-state index in [-0.39, 0.29) is 5.75 Å². The van der Waals surface area contributed by atoms with E-state index in [0.29, 0.717) is 0 Å². The van der Waals surface area contributed by atoms with Crippen molar-refractivity contribution in [2.24, 2.45) is 5.73 Å². The van der Waals surface area contributed by atoms with Crippen molar-refractivity contribution in [1.82, 2.24) is 0 Å². The third kappa shape index (κ3) is 11.7. The molecule has 0 saturated carbocycles. The zero-order valence-electron chi connectivity index (χ0n) is 6.30. The quantitative estimate of drug-likeness (QED) is 0.360. The Hall–Kier alpha value is -1.01. The number of nitrogens with two attached hydrogens (primary N) is 1. The van der Waals surface area contributed by atoms with Gasteiger partial charge in [-0.15, -0.1) is 0 Å². The Kier molecular flexibility index (Phi) is 9.15. The molecule has 0 radical (unpaired) electrons. The molecule has 0 bridgehead atoms. The predicted octanol–water partition coefficient (Wildman–Crippen LogP) is -0.415. The second kappa shape index (κ2) is 8.09. The van der Waals surface area contributed by atoms with E-state index in [9.17, 15) is 9.59 Å². The van der Waals surface area contributed by atoms with Crippen LogP contribution < -0.4 is 5.73 Å². The number of hydrogen-bond acceptors (Lipinski definition) is 4. The number of carbonyl (C=O) groups is 2. The Morgan fingerprint density at radius 2 is 1.92 bits per heavy atom. The van der Waals surface area contributed by atoms with Gasteiger partial charge in [0.1, 0.15) is 6.04 Å². The standard InChI is InChI=1S/C3H7NO2S.C3H4O2/c4-2(1-7)3(5)6;1-2-3(4)5/h2,7H,1,4H2,(H,5,6);2H,1H2,(H,4,5). The first-order chi connectivity index (χ1) is 5.45. The summed E-state index contributed by atoms with van der Waals surface area (Å²) in [6.07, 6.45) is 0.833. The maximum Gasteiger partial charge on any atom is 0.327 e. The molecule has 0 aromatic rings. The van der Waals surface area contributed by atoms with Crippen molar-refractivity contribution in [2.75, 3.05) is 5.75 Å². The summed E-state index contributed by atoms with van der Waals surface area (Å²) in [7, 11) is 0. The third-order valence-electron chi connectivity index (χ3n) is 0.689. The fraction of sp³-hybridized carbons (Fsp3) is 0.333. The molecule has 12 heavy (non-hydrogen) atoms. The molecule has 1 unspecified atom stereocenters. The topological polar surface area (TPSA) is 101 Å². The van der Waals surface area contributed by atoms with Crippen molar-refractivity contribution in [2.45, 2.75) is 6.04 Å². The highest BCUT2D eigenvalue weighted by molar-refractivity contribution is 7.80. The van der Waals surface area contributed by atoms with Gasteiger partial charge in [0.2, 0.25) is 0 Å². The first-order valence-electron chi connectivity index (χ1n) is 2.90. The zero-order valence-corrected chi connectivity index (χ0v) is 7.20. The summed E-state index contributed by atoms with van der Waals surface area (Å²) < 4.78 is 0. The molecule has 0 fully saturated rings. The van der Waals surface area contributed by atoms with Gasteiger partial charge in [-0.25, -0.2) is 4.79 Å². The Morgan fingerprint density at radius 3 is 1.92 bits per heavy atom. The summed E-state index contributed by atoms with van der Waals surface area (Å²) in [5, 5.41) is 15.6. The van der Waals surface area contributed by atoms with E-state index in [1.54, 1.807) is 0 Å². The lowest BCUT2D eigenvalue weighted by atomic mass is 10.4. The van der Waals surface area contributed by atoms with Crippen LogP contribution in [0.3, 0.4) is 0 Å². The van der Waals surface area contributed by atoms with Crippen LogP contribution in [0.5, 0.6) is 0 Å². The van der Waals surface area contributed by atoms with Crippen LogP contribution >= 0.6 is 12.6 Å². The Morgan fingerprint density at radius 1 is 1.58 bits per heavy atom. The molecule has 0 aromatic heterocycles. The summed E-state index contributed by atoms with van der Waals surface area (Å²) in [6.45, 7) is 2.96. The fourth-order valence-electron chi connectivity index (χ4n) is 0.0781. The maximum atomic E-state index is 9.76. The van der Waals surface area contributed by atoms with Crippen LogP contribution in [0, 0.1) is 0 Å².